The minimum Gasteiger partial charge on any atom is -0.338 e. The zero-order valence-corrected chi connectivity index (χ0v) is 13.1. The molecule has 0 spiro atoms. The van der Waals surface area contributed by atoms with E-state index in [1.807, 2.05) is 29.9 Å². The first-order valence-corrected chi connectivity index (χ1v) is 7.07. The molecular formula is C12H14Br2N4. The second-order valence-corrected chi connectivity index (χ2v) is 5.81. The van der Waals surface area contributed by atoms with Crippen molar-refractivity contribution >= 4 is 31.9 Å². The Morgan fingerprint density at radius 3 is 2.83 bits per heavy atom. The van der Waals surface area contributed by atoms with Crippen molar-refractivity contribution in [2.75, 3.05) is 0 Å². The van der Waals surface area contributed by atoms with Crippen molar-refractivity contribution in [3.05, 3.63) is 50.9 Å². The second-order valence-electron chi connectivity index (χ2n) is 4.04. The summed E-state index contributed by atoms with van der Waals surface area (Å²) < 4.78 is 4.06. The second kappa shape index (κ2) is 5.97. The predicted molar refractivity (Wildman–Crippen MR) is 78.8 cm³/mol. The molecule has 0 fully saturated rings. The van der Waals surface area contributed by atoms with Gasteiger partial charge in [0.2, 0.25) is 0 Å². The van der Waals surface area contributed by atoms with Gasteiger partial charge in [-0.25, -0.2) is 4.98 Å². The molecule has 3 N–H and O–H groups in total. The van der Waals surface area contributed by atoms with E-state index in [1.165, 1.54) is 0 Å². The van der Waals surface area contributed by atoms with E-state index < -0.39 is 0 Å². The Hall–Kier alpha value is -0.690. The fourth-order valence-corrected chi connectivity index (χ4v) is 2.72. The van der Waals surface area contributed by atoms with Crippen molar-refractivity contribution in [1.82, 2.24) is 15.0 Å². The number of hydrogen-bond acceptors (Lipinski definition) is 3. The molecule has 6 heteroatoms. The maximum absolute atomic E-state index is 5.67. The van der Waals surface area contributed by atoms with Gasteiger partial charge < -0.3 is 4.57 Å². The molecule has 1 atom stereocenters. The molecule has 1 unspecified atom stereocenters. The fourth-order valence-electron chi connectivity index (χ4n) is 1.82. The van der Waals surface area contributed by atoms with Gasteiger partial charge in [0.15, 0.2) is 0 Å². The SMILES string of the molecule is Cn1ccnc1CC(NN)c1cc(Br)ccc1Br. The largest absolute Gasteiger partial charge is 0.338 e. The first kappa shape index (κ1) is 13.7. The van der Waals surface area contributed by atoms with Gasteiger partial charge in [-0.1, -0.05) is 31.9 Å². The summed E-state index contributed by atoms with van der Waals surface area (Å²) >= 11 is 7.03. The number of nitrogens with one attached hydrogen (secondary N) is 1. The van der Waals surface area contributed by atoms with Gasteiger partial charge in [0.25, 0.3) is 0 Å². The van der Waals surface area contributed by atoms with Crippen LogP contribution in [-0.4, -0.2) is 9.55 Å². The maximum atomic E-state index is 5.67. The Morgan fingerprint density at radius 2 is 2.22 bits per heavy atom. The number of nitrogens with two attached hydrogens (primary N) is 1. The summed E-state index contributed by atoms with van der Waals surface area (Å²) in [5.74, 6) is 6.66. The van der Waals surface area contributed by atoms with E-state index in [0.717, 1.165) is 26.8 Å². The minimum absolute atomic E-state index is 0.0120. The van der Waals surface area contributed by atoms with Crippen molar-refractivity contribution in [3.63, 3.8) is 0 Å². The highest BCUT2D eigenvalue weighted by atomic mass is 79.9. The first-order valence-electron chi connectivity index (χ1n) is 5.49. The third kappa shape index (κ3) is 3.00. The smallest absolute Gasteiger partial charge is 0.110 e. The van der Waals surface area contributed by atoms with Gasteiger partial charge in [-0.3, -0.25) is 11.3 Å². The highest BCUT2D eigenvalue weighted by Gasteiger charge is 2.16. The summed E-state index contributed by atoms with van der Waals surface area (Å²) in [5.41, 5.74) is 3.95. The number of aromatic nitrogens is 2. The lowest BCUT2D eigenvalue weighted by Gasteiger charge is -2.18. The van der Waals surface area contributed by atoms with Gasteiger partial charge in [0.1, 0.15) is 5.82 Å². The standard InChI is InChI=1S/C12H14Br2N4/c1-18-5-4-16-12(18)7-11(17-15)9-6-8(13)2-3-10(9)14/h2-6,11,17H,7,15H2,1H3. The van der Waals surface area contributed by atoms with Crippen molar-refractivity contribution in [3.8, 4) is 0 Å². The summed E-state index contributed by atoms with van der Waals surface area (Å²) in [6.45, 7) is 0. The Bertz CT molecular complexity index is 539. The Balaban J connectivity index is 2.28. The van der Waals surface area contributed by atoms with E-state index in [-0.39, 0.29) is 6.04 Å². The van der Waals surface area contributed by atoms with Gasteiger partial charge >= 0.3 is 0 Å². The predicted octanol–water partition coefficient (Wildman–Crippen LogP) is 2.69. The molecule has 1 heterocycles. The van der Waals surface area contributed by atoms with Crippen molar-refractivity contribution in [1.29, 1.82) is 0 Å². The molecule has 96 valence electrons. The third-order valence-electron chi connectivity index (χ3n) is 2.84. The zero-order valence-electron chi connectivity index (χ0n) is 9.90. The topological polar surface area (TPSA) is 55.9 Å². The lowest BCUT2D eigenvalue weighted by molar-refractivity contribution is 0.528. The van der Waals surface area contributed by atoms with Crippen molar-refractivity contribution in [2.24, 2.45) is 12.9 Å². The van der Waals surface area contributed by atoms with Gasteiger partial charge in [-0.2, -0.15) is 0 Å². The Labute approximate surface area is 123 Å². The number of hydrogen-bond donors (Lipinski definition) is 2. The van der Waals surface area contributed by atoms with E-state index >= 15 is 0 Å². The van der Waals surface area contributed by atoms with Gasteiger partial charge in [0, 0.05) is 34.8 Å². The highest BCUT2D eigenvalue weighted by Crippen LogP contribution is 2.28. The lowest BCUT2D eigenvalue weighted by Crippen LogP contribution is -2.30. The number of rotatable bonds is 4. The zero-order chi connectivity index (χ0) is 13.1. The highest BCUT2D eigenvalue weighted by molar-refractivity contribution is 9.11. The molecule has 0 saturated carbocycles. The van der Waals surface area contributed by atoms with Crippen LogP contribution < -0.4 is 11.3 Å². The average molecular weight is 374 g/mol. The van der Waals surface area contributed by atoms with E-state index in [0.29, 0.717) is 0 Å². The Kier molecular flexibility index (Phi) is 4.55. The van der Waals surface area contributed by atoms with Crippen molar-refractivity contribution < 1.29 is 0 Å². The van der Waals surface area contributed by atoms with Gasteiger partial charge in [-0.05, 0) is 23.8 Å². The van der Waals surface area contributed by atoms with Crippen LogP contribution in [-0.2, 0) is 13.5 Å². The molecule has 4 nitrogen and oxygen atoms in total. The van der Waals surface area contributed by atoms with Crippen LogP contribution in [0.2, 0.25) is 0 Å². The lowest BCUT2D eigenvalue weighted by atomic mass is 10.0. The monoisotopic (exact) mass is 372 g/mol. The van der Waals surface area contributed by atoms with Crippen LogP contribution in [0.25, 0.3) is 0 Å². The maximum Gasteiger partial charge on any atom is 0.110 e. The quantitative estimate of drug-likeness (QED) is 0.639. The van der Waals surface area contributed by atoms with E-state index in [4.69, 9.17) is 5.84 Å². The number of imidazole rings is 1. The van der Waals surface area contributed by atoms with Gasteiger partial charge in [0.05, 0.1) is 6.04 Å². The molecule has 0 bridgehead atoms. The molecule has 2 aromatic rings. The molecule has 0 aliphatic heterocycles. The number of hydrazine groups is 1. The summed E-state index contributed by atoms with van der Waals surface area (Å²) in [6.07, 6.45) is 4.45. The molecule has 0 aliphatic carbocycles. The van der Waals surface area contributed by atoms with E-state index in [2.05, 4.69) is 48.3 Å². The molecule has 2 rings (SSSR count). The molecule has 1 aromatic heterocycles. The van der Waals surface area contributed by atoms with Gasteiger partial charge in [-0.15, -0.1) is 0 Å². The summed E-state index contributed by atoms with van der Waals surface area (Å²) in [7, 11) is 1.98. The molecule has 1 aromatic carbocycles. The molecule has 0 saturated heterocycles. The fraction of sp³-hybridized carbons (Fsp3) is 0.250. The number of aryl methyl sites for hydroxylation is 1. The summed E-state index contributed by atoms with van der Waals surface area (Å²) in [5, 5.41) is 0. The summed E-state index contributed by atoms with van der Waals surface area (Å²) in [6, 6.07) is 6.06. The number of nitrogens with zero attached hydrogens (tertiary/aromatic N) is 2. The van der Waals surface area contributed by atoms with E-state index in [9.17, 15) is 0 Å². The average Bonchev–Trinajstić information content (AvgIpc) is 2.75. The van der Waals surface area contributed by atoms with Crippen LogP contribution in [0.1, 0.15) is 17.4 Å². The molecule has 0 aliphatic rings. The number of benzene rings is 1. The Morgan fingerprint density at radius 1 is 1.44 bits per heavy atom. The number of halogens is 2. The third-order valence-corrected chi connectivity index (χ3v) is 4.06. The van der Waals surface area contributed by atoms with Crippen molar-refractivity contribution in [2.45, 2.75) is 12.5 Å². The van der Waals surface area contributed by atoms with Crippen LogP contribution in [0, 0.1) is 0 Å². The molecule has 0 radical (unpaired) electrons. The molecule has 18 heavy (non-hydrogen) atoms. The minimum atomic E-state index is 0.0120. The molecular weight excluding hydrogens is 360 g/mol. The normalized spacial score (nSPS) is 12.7. The van der Waals surface area contributed by atoms with E-state index in [1.54, 1.807) is 6.20 Å². The van der Waals surface area contributed by atoms with Crippen LogP contribution in [0.15, 0.2) is 39.5 Å². The first-order chi connectivity index (χ1) is 8.61. The summed E-state index contributed by atoms with van der Waals surface area (Å²) in [4.78, 5) is 4.32. The van der Waals surface area contributed by atoms with Crippen LogP contribution in [0.3, 0.4) is 0 Å². The molecule has 0 amide bonds. The van der Waals surface area contributed by atoms with Crippen LogP contribution in [0.4, 0.5) is 0 Å². The van der Waals surface area contributed by atoms with Crippen LogP contribution >= 0.6 is 31.9 Å². The van der Waals surface area contributed by atoms with Crippen LogP contribution in [0.5, 0.6) is 0 Å².